The summed E-state index contributed by atoms with van der Waals surface area (Å²) in [6.07, 6.45) is -2.85. The quantitative estimate of drug-likeness (QED) is 0.823. The predicted octanol–water partition coefficient (Wildman–Crippen LogP) is 1.32. The summed E-state index contributed by atoms with van der Waals surface area (Å²) >= 11 is 0. The molecule has 0 aliphatic rings. The van der Waals surface area contributed by atoms with Crippen LogP contribution in [0.25, 0.3) is 0 Å². The maximum atomic E-state index is 12.4. The molecule has 1 unspecified atom stereocenters. The Hall–Kier alpha value is -2.06. The van der Waals surface area contributed by atoms with Crippen molar-refractivity contribution in [2.24, 2.45) is 5.92 Å². The van der Waals surface area contributed by atoms with E-state index in [0.717, 1.165) is 17.1 Å². The summed E-state index contributed by atoms with van der Waals surface area (Å²) in [4.78, 5) is 21.8. The first kappa shape index (κ1) is 15.0. The number of halogens is 3. The summed E-state index contributed by atoms with van der Waals surface area (Å²) in [5, 5.41) is 12.0. The molecular weight excluding hydrogens is 269 g/mol. The van der Waals surface area contributed by atoms with Crippen LogP contribution in [0.1, 0.15) is 17.3 Å². The Balaban J connectivity index is 2.82. The van der Waals surface area contributed by atoms with Crippen LogP contribution in [0.4, 0.5) is 13.2 Å². The highest BCUT2D eigenvalue weighted by Crippen LogP contribution is 2.27. The predicted molar refractivity (Wildman–Crippen MR) is 55.4 cm³/mol. The Kier molecular flexibility index (Phi) is 4.52. The van der Waals surface area contributed by atoms with Crippen LogP contribution in [0, 0.1) is 5.92 Å². The number of carbonyl (C=O) groups is 2. The van der Waals surface area contributed by atoms with Crippen molar-refractivity contribution in [2.45, 2.75) is 19.6 Å². The van der Waals surface area contributed by atoms with Gasteiger partial charge in [0, 0.05) is 6.20 Å². The van der Waals surface area contributed by atoms with Crippen LogP contribution in [0.15, 0.2) is 12.4 Å². The van der Waals surface area contributed by atoms with Crippen molar-refractivity contribution in [3.63, 3.8) is 0 Å². The van der Waals surface area contributed by atoms with Gasteiger partial charge in [0.05, 0.1) is 24.9 Å². The lowest BCUT2D eigenvalue weighted by molar-refractivity contribution is -0.196. The number of nitrogens with zero attached hydrogens (tertiary/aromatic N) is 2. The second-order valence-electron chi connectivity index (χ2n) is 3.60. The molecule has 0 fully saturated rings. The van der Waals surface area contributed by atoms with Gasteiger partial charge < -0.3 is 9.84 Å². The van der Waals surface area contributed by atoms with Crippen molar-refractivity contribution in [3.8, 4) is 0 Å². The van der Waals surface area contributed by atoms with E-state index >= 15 is 0 Å². The maximum Gasteiger partial charge on any atom is 0.404 e. The Bertz CT molecular complexity index is 470. The van der Waals surface area contributed by atoms with E-state index in [9.17, 15) is 22.8 Å². The minimum Gasteiger partial charge on any atom is -0.481 e. The number of carbonyl (C=O) groups excluding carboxylic acids is 1. The fourth-order valence-corrected chi connectivity index (χ4v) is 1.29. The number of esters is 1. The van der Waals surface area contributed by atoms with Gasteiger partial charge in [-0.15, -0.1) is 0 Å². The Labute approximate surface area is 105 Å². The van der Waals surface area contributed by atoms with Crippen molar-refractivity contribution < 1.29 is 32.6 Å². The van der Waals surface area contributed by atoms with Crippen LogP contribution in [0.5, 0.6) is 0 Å². The molecule has 1 N–H and O–H groups in total. The minimum atomic E-state index is -4.89. The number of aromatic nitrogens is 2. The molecule has 0 saturated heterocycles. The van der Waals surface area contributed by atoms with Gasteiger partial charge in [0.15, 0.2) is 5.92 Å². The Morgan fingerprint density at radius 3 is 2.63 bits per heavy atom. The van der Waals surface area contributed by atoms with E-state index in [4.69, 9.17) is 5.11 Å². The average Bonchev–Trinajstić information content (AvgIpc) is 2.72. The van der Waals surface area contributed by atoms with Crippen molar-refractivity contribution in [1.29, 1.82) is 0 Å². The summed E-state index contributed by atoms with van der Waals surface area (Å²) in [7, 11) is 0. The lowest BCUT2D eigenvalue weighted by atomic mass is 10.1. The van der Waals surface area contributed by atoms with Crippen molar-refractivity contribution in [1.82, 2.24) is 9.78 Å². The second-order valence-corrected chi connectivity index (χ2v) is 3.60. The monoisotopic (exact) mass is 280 g/mol. The second kappa shape index (κ2) is 5.72. The molecule has 1 aromatic rings. The molecule has 1 rings (SSSR count). The van der Waals surface area contributed by atoms with Crippen LogP contribution in [-0.4, -0.2) is 39.6 Å². The molecule has 0 saturated carbocycles. The lowest BCUT2D eigenvalue weighted by Crippen LogP contribution is -2.34. The topological polar surface area (TPSA) is 81.4 Å². The first-order valence-corrected chi connectivity index (χ1v) is 5.24. The largest absolute Gasteiger partial charge is 0.481 e. The van der Waals surface area contributed by atoms with Crippen LogP contribution in [-0.2, 0) is 16.1 Å². The highest BCUT2D eigenvalue weighted by Gasteiger charge is 2.45. The molecule has 106 valence electrons. The third-order valence-corrected chi connectivity index (χ3v) is 2.21. The van der Waals surface area contributed by atoms with E-state index in [2.05, 4.69) is 9.84 Å². The first-order valence-electron chi connectivity index (χ1n) is 5.24. The molecule has 0 amide bonds. The van der Waals surface area contributed by atoms with Crippen LogP contribution in [0.2, 0.25) is 0 Å². The molecule has 1 aromatic heterocycles. The first-order chi connectivity index (χ1) is 8.75. The molecule has 0 bridgehead atoms. The lowest BCUT2D eigenvalue weighted by Gasteiger charge is -2.15. The SMILES string of the molecule is CCOC(=O)c1cnn(CC(C(=O)O)C(F)(F)F)c1. The maximum absolute atomic E-state index is 12.4. The number of hydrogen-bond donors (Lipinski definition) is 1. The zero-order valence-electron chi connectivity index (χ0n) is 9.85. The van der Waals surface area contributed by atoms with Crippen molar-refractivity contribution >= 4 is 11.9 Å². The number of carboxylic acid groups (broad SMARTS) is 1. The normalized spacial score (nSPS) is 13.1. The fraction of sp³-hybridized carbons (Fsp3) is 0.500. The van der Waals surface area contributed by atoms with Gasteiger partial charge in [0.1, 0.15) is 0 Å². The van der Waals surface area contributed by atoms with E-state index in [-0.39, 0.29) is 12.2 Å². The molecule has 0 aliphatic carbocycles. The number of alkyl halides is 3. The summed E-state index contributed by atoms with van der Waals surface area (Å²) < 4.78 is 42.7. The highest BCUT2D eigenvalue weighted by molar-refractivity contribution is 5.88. The van der Waals surface area contributed by atoms with Gasteiger partial charge in [0.25, 0.3) is 0 Å². The molecule has 1 heterocycles. The van der Waals surface area contributed by atoms with E-state index in [1.54, 1.807) is 6.92 Å². The number of rotatable bonds is 5. The average molecular weight is 280 g/mol. The standard InChI is InChI=1S/C10H11F3N2O4/c1-2-19-9(18)6-3-14-15(4-6)5-7(8(16)17)10(11,12)13/h3-4,7H,2,5H2,1H3,(H,16,17). The molecule has 0 aliphatic heterocycles. The molecule has 19 heavy (non-hydrogen) atoms. The summed E-state index contributed by atoms with van der Waals surface area (Å²) in [5.41, 5.74) is -0.0341. The summed E-state index contributed by atoms with van der Waals surface area (Å²) in [6, 6.07) is 0. The summed E-state index contributed by atoms with van der Waals surface area (Å²) in [6.45, 7) is 0.787. The van der Waals surface area contributed by atoms with Gasteiger partial charge in [-0.25, -0.2) is 4.79 Å². The summed E-state index contributed by atoms with van der Waals surface area (Å²) in [5.74, 6) is -5.31. The molecule has 1 atom stereocenters. The molecule has 6 nitrogen and oxygen atoms in total. The Morgan fingerprint density at radius 2 is 2.16 bits per heavy atom. The van der Waals surface area contributed by atoms with Crippen molar-refractivity contribution in [2.75, 3.05) is 6.61 Å². The third-order valence-electron chi connectivity index (χ3n) is 2.21. The highest BCUT2D eigenvalue weighted by atomic mass is 19.4. The number of hydrogen-bond acceptors (Lipinski definition) is 4. The van der Waals surface area contributed by atoms with E-state index in [1.807, 2.05) is 0 Å². The third kappa shape index (κ3) is 3.97. The number of carboxylic acids is 1. The fourth-order valence-electron chi connectivity index (χ4n) is 1.29. The van der Waals surface area contributed by atoms with Gasteiger partial charge in [-0.2, -0.15) is 18.3 Å². The van der Waals surface area contributed by atoms with Gasteiger partial charge in [-0.1, -0.05) is 0 Å². The Morgan fingerprint density at radius 1 is 1.53 bits per heavy atom. The molecule has 0 radical (unpaired) electrons. The number of aliphatic carboxylic acids is 1. The molecular formula is C10H11F3N2O4. The zero-order chi connectivity index (χ0) is 14.6. The van der Waals surface area contributed by atoms with Gasteiger partial charge in [-0.05, 0) is 6.92 Å². The van der Waals surface area contributed by atoms with E-state index < -0.39 is 30.6 Å². The molecule has 0 aromatic carbocycles. The van der Waals surface area contributed by atoms with Gasteiger partial charge in [0.2, 0.25) is 0 Å². The molecule has 9 heteroatoms. The van der Waals surface area contributed by atoms with Gasteiger partial charge >= 0.3 is 18.1 Å². The number of ether oxygens (including phenoxy) is 1. The zero-order valence-corrected chi connectivity index (χ0v) is 9.85. The van der Waals surface area contributed by atoms with Crippen molar-refractivity contribution in [3.05, 3.63) is 18.0 Å². The molecule has 0 spiro atoms. The van der Waals surface area contributed by atoms with Crippen LogP contribution >= 0.6 is 0 Å². The van der Waals surface area contributed by atoms with Crippen LogP contribution in [0.3, 0.4) is 0 Å². The smallest absolute Gasteiger partial charge is 0.404 e. The van der Waals surface area contributed by atoms with E-state index in [1.165, 1.54) is 0 Å². The van der Waals surface area contributed by atoms with Crippen LogP contribution < -0.4 is 0 Å². The van der Waals surface area contributed by atoms with Gasteiger partial charge in [-0.3, -0.25) is 9.48 Å². The minimum absolute atomic E-state index is 0.0341. The van der Waals surface area contributed by atoms with E-state index in [0.29, 0.717) is 0 Å².